The van der Waals surface area contributed by atoms with Crippen molar-refractivity contribution in [2.45, 2.75) is 26.2 Å². The monoisotopic (exact) mass is 300 g/mol. The molecule has 2 nitrogen and oxygen atoms in total. The van der Waals surface area contributed by atoms with Gasteiger partial charge in [0.05, 0.1) is 5.69 Å². The summed E-state index contributed by atoms with van der Waals surface area (Å²) < 4.78 is 0. The van der Waals surface area contributed by atoms with Crippen LogP contribution in [0.1, 0.15) is 24.6 Å². The fraction of sp³-hybridized carbons (Fsp3) is 0.238. The number of hydrogen-bond donors (Lipinski definition) is 0. The number of aromatic nitrogens is 2. The van der Waals surface area contributed by atoms with Gasteiger partial charge in [-0.15, -0.1) is 0 Å². The molecule has 2 aromatic carbocycles. The zero-order valence-corrected chi connectivity index (χ0v) is 13.4. The predicted octanol–water partition coefficient (Wildman–Crippen LogP) is 4.94. The Kier molecular flexibility index (Phi) is 3.66. The Morgan fingerprint density at radius 3 is 2.17 bits per heavy atom. The van der Waals surface area contributed by atoms with E-state index < -0.39 is 0 Å². The van der Waals surface area contributed by atoms with Crippen molar-refractivity contribution in [3.63, 3.8) is 0 Å². The van der Waals surface area contributed by atoms with E-state index in [9.17, 15) is 0 Å². The molecule has 1 heterocycles. The molecule has 0 saturated heterocycles. The van der Waals surface area contributed by atoms with Gasteiger partial charge in [0, 0.05) is 22.4 Å². The molecule has 0 aliphatic heterocycles. The lowest BCUT2D eigenvalue weighted by Gasteiger charge is -2.23. The average molecular weight is 300 g/mol. The summed E-state index contributed by atoms with van der Waals surface area (Å²) >= 11 is 0. The van der Waals surface area contributed by atoms with Gasteiger partial charge < -0.3 is 0 Å². The van der Waals surface area contributed by atoms with E-state index in [4.69, 9.17) is 9.97 Å². The van der Waals surface area contributed by atoms with Crippen LogP contribution in [0.25, 0.3) is 22.6 Å². The molecular formula is C21H20N2. The summed E-state index contributed by atoms with van der Waals surface area (Å²) in [7, 11) is 0. The predicted molar refractivity (Wildman–Crippen MR) is 94.1 cm³/mol. The number of rotatable bonds is 2. The fourth-order valence-corrected chi connectivity index (χ4v) is 3.34. The number of fused-ring (bicyclic) bond motifs is 1. The second-order valence-electron chi connectivity index (χ2n) is 6.40. The molecule has 1 aliphatic carbocycles. The second-order valence-corrected chi connectivity index (χ2v) is 6.40. The highest BCUT2D eigenvalue weighted by molar-refractivity contribution is 5.68. The van der Waals surface area contributed by atoms with Crippen LogP contribution in [0.5, 0.6) is 0 Å². The van der Waals surface area contributed by atoms with Crippen LogP contribution in [0.2, 0.25) is 0 Å². The van der Waals surface area contributed by atoms with Gasteiger partial charge in [-0.1, -0.05) is 67.6 Å². The molecule has 0 spiro atoms. The third-order valence-electron chi connectivity index (χ3n) is 4.60. The summed E-state index contributed by atoms with van der Waals surface area (Å²) in [6, 6.07) is 20.8. The minimum absolute atomic E-state index is 0.699. The summed E-state index contributed by atoms with van der Waals surface area (Å²) in [5.74, 6) is 1.54. The average Bonchev–Trinajstić information content (AvgIpc) is 2.62. The summed E-state index contributed by atoms with van der Waals surface area (Å²) in [5.41, 5.74) is 5.97. The highest BCUT2D eigenvalue weighted by Crippen LogP contribution is 2.33. The lowest BCUT2D eigenvalue weighted by Crippen LogP contribution is -2.16. The number of hydrogen-bond acceptors (Lipinski definition) is 2. The van der Waals surface area contributed by atoms with Gasteiger partial charge in [0.15, 0.2) is 5.82 Å². The van der Waals surface area contributed by atoms with Crippen molar-refractivity contribution in [1.29, 1.82) is 0 Å². The Morgan fingerprint density at radius 2 is 1.48 bits per heavy atom. The minimum atomic E-state index is 0.699. The van der Waals surface area contributed by atoms with Gasteiger partial charge in [0.1, 0.15) is 0 Å². The zero-order valence-electron chi connectivity index (χ0n) is 13.4. The van der Waals surface area contributed by atoms with Crippen molar-refractivity contribution in [1.82, 2.24) is 9.97 Å². The molecule has 1 aromatic heterocycles. The molecule has 114 valence electrons. The molecule has 0 N–H and O–H groups in total. The highest BCUT2D eigenvalue weighted by atomic mass is 14.9. The van der Waals surface area contributed by atoms with E-state index >= 15 is 0 Å². The van der Waals surface area contributed by atoms with Gasteiger partial charge in [0.2, 0.25) is 0 Å². The Labute approximate surface area is 137 Å². The van der Waals surface area contributed by atoms with Crippen LogP contribution in [0.4, 0.5) is 0 Å². The first-order chi connectivity index (χ1) is 11.3. The van der Waals surface area contributed by atoms with E-state index in [2.05, 4.69) is 49.4 Å². The molecule has 1 aliphatic rings. The molecule has 1 unspecified atom stereocenters. The highest BCUT2D eigenvalue weighted by Gasteiger charge is 2.22. The molecule has 23 heavy (non-hydrogen) atoms. The third-order valence-corrected chi connectivity index (χ3v) is 4.60. The minimum Gasteiger partial charge on any atom is -0.233 e. The Bertz CT molecular complexity index is 810. The van der Waals surface area contributed by atoms with E-state index in [0.717, 1.165) is 29.9 Å². The van der Waals surface area contributed by atoms with E-state index in [1.807, 2.05) is 18.2 Å². The normalized spacial score (nSPS) is 16.8. The second kappa shape index (κ2) is 5.96. The lowest BCUT2D eigenvalue weighted by molar-refractivity contribution is 0.491. The summed E-state index contributed by atoms with van der Waals surface area (Å²) in [6.07, 6.45) is 3.36. The van der Waals surface area contributed by atoms with Crippen LogP contribution in [-0.4, -0.2) is 9.97 Å². The SMILES string of the molecule is CC1CCc2c(nc(-c3ccccc3)nc2-c2ccccc2)C1. The van der Waals surface area contributed by atoms with Crippen molar-refractivity contribution in [2.75, 3.05) is 0 Å². The first-order valence-electron chi connectivity index (χ1n) is 8.32. The summed E-state index contributed by atoms with van der Waals surface area (Å²) in [5, 5.41) is 0. The molecule has 0 fully saturated rings. The molecule has 3 aromatic rings. The maximum atomic E-state index is 4.94. The number of nitrogens with zero attached hydrogens (tertiary/aromatic N) is 2. The van der Waals surface area contributed by atoms with Gasteiger partial charge in [-0.05, 0) is 25.2 Å². The van der Waals surface area contributed by atoms with Gasteiger partial charge in [-0.25, -0.2) is 9.97 Å². The third kappa shape index (κ3) is 2.77. The van der Waals surface area contributed by atoms with Crippen molar-refractivity contribution < 1.29 is 0 Å². The van der Waals surface area contributed by atoms with Gasteiger partial charge in [0.25, 0.3) is 0 Å². The van der Waals surface area contributed by atoms with Crippen molar-refractivity contribution in [2.24, 2.45) is 5.92 Å². The maximum absolute atomic E-state index is 4.94. The fourth-order valence-electron chi connectivity index (χ4n) is 3.34. The van der Waals surface area contributed by atoms with Gasteiger partial charge in [-0.3, -0.25) is 0 Å². The van der Waals surface area contributed by atoms with Gasteiger partial charge in [-0.2, -0.15) is 0 Å². The number of benzene rings is 2. The molecule has 0 bridgehead atoms. The van der Waals surface area contributed by atoms with Crippen LogP contribution in [-0.2, 0) is 12.8 Å². The Morgan fingerprint density at radius 1 is 0.826 bits per heavy atom. The van der Waals surface area contributed by atoms with Crippen LogP contribution in [0.15, 0.2) is 60.7 Å². The molecule has 0 radical (unpaired) electrons. The molecule has 4 rings (SSSR count). The topological polar surface area (TPSA) is 25.8 Å². The van der Waals surface area contributed by atoms with Crippen LogP contribution in [0, 0.1) is 5.92 Å². The smallest absolute Gasteiger partial charge is 0.160 e. The van der Waals surface area contributed by atoms with Crippen molar-refractivity contribution in [3.8, 4) is 22.6 Å². The van der Waals surface area contributed by atoms with Gasteiger partial charge >= 0.3 is 0 Å². The van der Waals surface area contributed by atoms with Crippen LogP contribution in [0.3, 0.4) is 0 Å². The summed E-state index contributed by atoms with van der Waals surface area (Å²) in [6.45, 7) is 2.31. The molecule has 1 atom stereocenters. The van der Waals surface area contributed by atoms with E-state index in [-0.39, 0.29) is 0 Å². The lowest BCUT2D eigenvalue weighted by atomic mass is 9.86. The largest absolute Gasteiger partial charge is 0.233 e. The zero-order chi connectivity index (χ0) is 15.6. The van der Waals surface area contributed by atoms with E-state index in [1.54, 1.807) is 0 Å². The maximum Gasteiger partial charge on any atom is 0.160 e. The Hall–Kier alpha value is -2.48. The summed E-state index contributed by atoms with van der Waals surface area (Å²) in [4.78, 5) is 9.85. The molecule has 2 heteroatoms. The standard InChI is InChI=1S/C21H20N2/c1-15-12-13-18-19(14-15)22-21(17-10-6-3-7-11-17)23-20(18)16-8-4-2-5-9-16/h2-11,15H,12-14H2,1H3. The quantitative estimate of drug-likeness (QED) is 0.670. The molecule has 0 saturated carbocycles. The molecule has 0 amide bonds. The van der Waals surface area contributed by atoms with Crippen molar-refractivity contribution >= 4 is 0 Å². The van der Waals surface area contributed by atoms with Crippen LogP contribution < -0.4 is 0 Å². The van der Waals surface area contributed by atoms with Crippen molar-refractivity contribution in [3.05, 3.63) is 71.9 Å². The Balaban J connectivity index is 1.92. The first kappa shape index (κ1) is 14.1. The van der Waals surface area contributed by atoms with Crippen LogP contribution >= 0.6 is 0 Å². The first-order valence-corrected chi connectivity index (χ1v) is 8.32. The molecular weight excluding hydrogens is 280 g/mol. The van der Waals surface area contributed by atoms with E-state index in [0.29, 0.717) is 5.92 Å². The van der Waals surface area contributed by atoms with E-state index in [1.165, 1.54) is 23.2 Å².